The molecule has 0 amide bonds. The molecule has 4 rings (SSSR count). The summed E-state index contributed by atoms with van der Waals surface area (Å²) in [5.74, 6) is -1.56. The van der Waals surface area contributed by atoms with Gasteiger partial charge in [0, 0.05) is 23.7 Å². The molecule has 0 spiro atoms. The van der Waals surface area contributed by atoms with Crippen LogP contribution in [0.5, 0.6) is 0 Å². The van der Waals surface area contributed by atoms with Crippen molar-refractivity contribution in [3.05, 3.63) is 35.5 Å². The monoisotopic (exact) mass is 366 g/mol. The van der Waals surface area contributed by atoms with Crippen molar-refractivity contribution >= 4 is 38.5 Å². The summed E-state index contributed by atoms with van der Waals surface area (Å²) in [7, 11) is -3.84. The number of halogens is 1. The molecule has 0 aliphatic carbocycles. The second kappa shape index (κ2) is 5.40. The van der Waals surface area contributed by atoms with Crippen molar-refractivity contribution < 1.29 is 18.3 Å². The molecule has 2 saturated heterocycles. The van der Waals surface area contributed by atoms with Crippen LogP contribution in [0, 0.1) is 5.92 Å². The molecular weight excluding hydrogens is 352 g/mol. The van der Waals surface area contributed by atoms with Gasteiger partial charge in [-0.15, -0.1) is 0 Å². The Labute approximate surface area is 144 Å². The highest BCUT2D eigenvalue weighted by Gasteiger charge is 2.54. The van der Waals surface area contributed by atoms with Gasteiger partial charge in [-0.25, -0.2) is 8.42 Å². The van der Waals surface area contributed by atoms with Crippen molar-refractivity contribution in [3.8, 4) is 0 Å². The van der Waals surface area contributed by atoms with Gasteiger partial charge in [0.15, 0.2) is 0 Å². The third kappa shape index (κ3) is 2.15. The minimum absolute atomic E-state index is 0.0884. The van der Waals surface area contributed by atoms with E-state index < -0.39 is 28.0 Å². The van der Waals surface area contributed by atoms with Crippen LogP contribution in [0.4, 0.5) is 0 Å². The minimum atomic E-state index is -3.84. The van der Waals surface area contributed by atoms with Crippen molar-refractivity contribution in [2.75, 3.05) is 0 Å². The van der Waals surface area contributed by atoms with Crippen LogP contribution in [0.2, 0.25) is 5.02 Å². The van der Waals surface area contributed by atoms with Crippen LogP contribution in [0.15, 0.2) is 35.4 Å². The number of sulfonamides is 1. The maximum atomic E-state index is 13.2. The van der Waals surface area contributed by atoms with Gasteiger partial charge in [0.1, 0.15) is 4.90 Å². The van der Waals surface area contributed by atoms with Crippen molar-refractivity contribution in [2.45, 2.75) is 36.2 Å². The molecule has 1 N–H and O–H groups in total. The Morgan fingerprint density at radius 2 is 2.08 bits per heavy atom. The summed E-state index contributed by atoms with van der Waals surface area (Å²) < 4.78 is 27.9. The number of hydrogen-bond acceptors (Lipinski definition) is 4. The molecular formula is C16H15ClN2O4S. The summed E-state index contributed by atoms with van der Waals surface area (Å²) in [5.41, 5.74) is 0.322. The number of rotatable bonds is 3. The summed E-state index contributed by atoms with van der Waals surface area (Å²) in [5, 5.41) is 10.4. The average molecular weight is 367 g/mol. The van der Waals surface area contributed by atoms with Crippen LogP contribution < -0.4 is 0 Å². The van der Waals surface area contributed by atoms with Crippen LogP contribution >= 0.6 is 11.6 Å². The number of aliphatic carboxylic acids is 1. The fourth-order valence-electron chi connectivity index (χ4n) is 4.02. The Morgan fingerprint density at radius 3 is 2.79 bits per heavy atom. The Kier molecular flexibility index (Phi) is 3.56. The first kappa shape index (κ1) is 15.8. The summed E-state index contributed by atoms with van der Waals surface area (Å²) in [6.45, 7) is 0. The highest BCUT2D eigenvalue weighted by atomic mass is 35.5. The van der Waals surface area contributed by atoms with Crippen LogP contribution in [0.3, 0.4) is 0 Å². The second-order valence-corrected chi connectivity index (χ2v) is 8.48. The van der Waals surface area contributed by atoms with Gasteiger partial charge in [0.25, 0.3) is 0 Å². The molecule has 2 fully saturated rings. The van der Waals surface area contributed by atoms with E-state index >= 15 is 0 Å². The molecule has 3 unspecified atom stereocenters. The van der Waals surface area contributed by atoms with Gasteiger partial charge in [0.2, 0.25) is 10.0 Å². The first-order chi connectivity index (χ1) is 11.4. The summed E-state index contributed by atoms with van der Waals surface area (Å²) >= 11 is 6.15. The number of carbonyl (C=O) groups is 1. The third-order valence-corrected chi connectivity index (χ3v) is 7.37. The lowest BCUT2D eigenvalue weighted by Gasteiger charge is -2.23. The van der Waals surface area contributed by atoms with Crippen LogP contribution in [0.25, 0.3) is 10.9 Å². The van der Waals surface area contributed by atoms with Crippen molar-refractivity contribution in [1.29, 1.82) is 0 Å². The first-order valence-electron chi connectivity index (χ1n) is 7.71. The molecule has 3 heterocycles. The fourth-order valence-corrected chi connectivity index (χ4v) is 6.30. The van der Waals surface area contributed by atoms with E-state index in [9.17, 15) is 18.3 Å². The second-order valence-electron chi connectivity index (χ2n) is 6.26. The lowest BCUT2D eigenvalue weighted by molar-refractivity contribution is -0.142. The topological polar surface area (TPSA) is 87.6 Å². The lowest BCUT2D eigenvalue weighted by atomic mass is 9.89. The third-order valence-electron chi connectivity index (χ3n) is 5.03. The maximum Gasteiger partial charge on any atom is 0.308 e. The number of fused-ring (bicyclic) bond motifs is 3. The van der Waals surface area contributed by atoms with Gasteiger partial charge in [-0.05, 0) is 31.4 Å². The fraction of sp³-hybridized carbons (Fsp3) is 0.375. The normalized spacial score (nSPS) is 27.0. The predicted octanol–water partition coefficient (Wildman–Crippen LogP) is 2.51. The zero-order valence-electron chi connectivity index (χ0n) is 12.6. The molecule has 2 aliphatic rings. The van der Waals surface area contributed by atoms with E-state index in [4.69, 9.17) is 11.6 Å². The molecule has 1 aromatic carbocycles. The zero-order chi connectivity index (χ0) is 17.1. The smallest absolute Gasteiger partial charge is 0.308 e. The van der Waals surface area contributed by atoms with Gasteiger partial charge < -0.3 is 5.11 Å². The SMILES string of the molecule is O=C(O)C1CC2CCC1N2S(=O)(=O)c1cccc2c(Cl)ccnc12. The Balaban J connectivity index is 1.86. The van der Waals surface area contributed by atoms with E-state index in [1.54, 1.807) is 18.2 Å². The molecule has 8 heteroatoms. The van der Waals surface area contributed by atoms with Gasteiger partial charge >= 0.3 is 5.97 Å². The predicted molar refractivity (Wildman–Crippen MR) is 88.3 cm³/mol. The standard InChI is InChI=1S/C16H15ClN2O4S/c17-12-6-7-18-15-10(12)2-1-3-14(15)24(22,23)19-9-4-5-13(19)11(8-9)16(20)21/h1-3,6-7,9,11,13H,4-5,8H2,(H,20,21). The van der Waals surface area contributed by atoms with E-state index in [2.05, 4.69) is 4.98 Å². The molecule has 126 valence electrons. The molecule has 2 aliphatic heterocycles. The quantitative estimate of drug-likeness (QED) is 0.901. The van der Waals surface area contributed by atoms with Crippen molar-refractivity contribution in [3.63, 3.8) is 0 Å². The van der Waals surface area contributed by atoms with Crippen molar-refractivity contribution in [2.24, 2.45) is 5.92 Å². The number of carboxylic acid groups (broad SMARTS) is 1. The Morgan fingerprint density at radius 1 is 1.29 bits per heavy atom. The number of carboxylic acids is 1. The number of pyridine rings is 1. The number of nitrogens with zero attached hydrogens (tertiary/aromatic N) is 2. The molecule has 3 atom stereocenters. The van der Waals surface area contributed by atoms with Crippen LogP contribution in [-0.4, -0.2) is 40.9 Å². The molecule has 0 saturated carbocycles. The molecule has 2 aromatic rings. The van der Waals surface area contributed by atoms with E-state index in [1.807, 2.05) is 0 Å². The van der Waals surface area contributed by atoms with Gasteiger partial charge in [-0.1, -0.05) is 23.7 Å². The highest BCUT2D eigenvalue weighted by molar-refractivity contribution is 7.89. The number of benzene rings is 1. The number of hydrogen-bond donors (Lipinski definition) is 1. The molecule has 0 radical (unpaired) electrons. The summed E-state index contributed by atoms with van der Waals surface area (Å²) in [6, 6.07) is 5.74. The Bertz CT molecular complexity index is 946. The largest absolute Gasteiger partial charge is 0.481 e. The minimum Gasteiger partial charge on any atom is -0.481 e. The van der Waals surface area contributed by atoms with Gasteiger partial charge in [-0.2, -0.15) is 4.31 Å². The molecule has 6 nitrogen and oxygen atoms in total. The molecule has 24 heavy (non-hydrogen) atoms. The average Bonchev–Trinajstić information content (AvgIpc) is 3.13. The summed E-state index contributed by atoms with van der Waals surface area (Å²) in [6.07, 6.45) is 3.13. The lowest BCUT2D eigenvalue weighted by Crippen LogP contribution is -2.38. The number of para-hydroxylation sites is 1. The Hall–Kier alpha value is -1.70. The van der Waals surface area contributed by atoms with E-state index in [1.165, 1.54) is 16.6 Å². The van der Waals surface area contributed by atoms with E-state index in [0.29, 0.717) is 35.2 Å². The highest BCUT2D eigenvalue weighted by Crippen LogP contribution is 2.45. The maximum absolute atomic E-state index is 13.2. The van der Waals surface area contributed by atoms with E-state index in [-0.39, 0.29) is 10.9 Å². The zero-order valence-corrected chi connectivity index (χ0v) is 14.2. The molecule has 2 bridgehead atoms. The summed E-state index contributed by atoms with van der Waals surface area (Å²) in [4.78, 5) is 15.7. The first-order valence-corrected chi connectivity index (χ1v) is 9.52. The van der Waals surface area contributed by atoms with Gasteiger partial charge in [-0.3, -0.25) is 9.78 Å². The van der Waals surface area contributed by atoms with E-state index in [0.717, 1.165) is 0 Å². The van der Waals surface area contributed by atoms with Crippen molar-refractivity contribution in [1.82, 2.24) is 9.29 Å². The van der Waals surface area contributed by atoms with Crippen LogP contribution in [0.1, 0.15) is 19.3 Å². The van der Waals surface area contributed by atoms with Crippen LogP contribution in [-0.2, 0) is 14.8 Å². The van der Waals surface area contributed by atoms with Gasteiger partial charge in [0.05, 0.1) is 16.5 Å². The number of aromatic nitrogens is 1. The molecule has 1 aromatic heterocycles.